The monoisotopic (exact) mass is 342 g/mol. The first-order valence-corrected chi connectivity index (χ1v) is 11.2. The summed E-state index contributed by atoms with van der Waals surface area (Å²) in [6.45, 7) is 20.0. The summed E-state index contributed by atoms with van der Waals surface area (Å²) < 4.78 is 12.3. The van der Waals surface area contributed by atoms with Crippen molar-refractivity contribution < 1.29 is 14.0 Å². The Hall–Kier alpha value is -0.613. The molecule has 136 valence electrons. The quantitative estimate of drug-likeness (QED) is 0.290. The molecule has 23 heavy (non-hydrogen) atoms. The maximum absolute atomic E-state index is 11.8. The van der Waals surface area contributed by atoms with E-state index in [1.807, 2.05) is 19.9 Å². The number of hydrogen-bond donors (Lipinski definition) is 0. The van der Waals surface area contributed by atoms with Crippen LogP contribution in [0.3, 0.4) is 0 Å². The molecular weight excluding hydrogens is 304 g/mol. The van der Waals surface area contributed by atoms with Crippen LogP contribution in [0.2, 0.25) is 16.6 Å². The molecule has 0 N–H and O–H groups in total. The molecule has 0 rings (SSSR count). The number of allylic oxidation sites excluding steroid dienone is 1. The number of esters is 1. The number of carbonyl (C=O) groups excluding carboxylic acids is 1. The lowest BCUT2D eigenvalue weighted by molar-refractivity contribution is -0.152. The molecule has 0 bridgehead atoms. The van der Waals surface area contributed by atoms with E-state index in [1.54, 1.807) is 0 Å². The third-order valence-corrected chi connectivity index (χ3v) is 10.9. The predicted octanol–water partition coefficient (Wildman–Crippen LogP) is 5.71. The van der Waals surface area contributed by atoms with Crippen molar-refractivity contribution >= 4 is 14.3 Å². The minimum atomic E-state index is -1.94. The molecule has 0 unspecified atom stereocenters. The molecule has 0 saturated heterocycles. The van der Waals surface area contributed by atoms with E-state index in [0.717, 1.165) is 0 Å². The first-order chi connectivity index (χ1) is 10.6. The molecular formula is C19H38O3Si. The average Bonchev–Trinajstić information content (AvgIpc) is 2.45. The van der Waals surface area contributed by atoms with E-state index in [9.17, 15) is 4.79 Å². The van der Waals surface area contributed by atoms with Gasteiger partial charge in [0.2, 0.25) is 8.32 Å². The summed E-state index contributed by atoms with van der Waals surface area (Å²) >= 11 is 0. The highest BCUT2D eigenvalue weighted by atomic mass is 28.4. The average molecular weight is 343 g/mol. The minimum absolute atomic E-state index is 0.152. The standard InChI is InChI=1S/C19H38O3Si/c1-10-12-17(9)18(22-19(20)11-2)13-21-23(14(3)4,15(5)6)16(7)8/h10,12,14-18H,11,13H2,1-9H3/b12-10-/t17-,18+/m0/s1. The van der Waals surface area contributed by atoms with Gasteiger partial charge < -0.3 is 9.16 Å². The van der Waals surface area contributed by atoms with Gasteiger partial charge in [-0.2, -0.15) is 0 Å². The third kappa shape index (κ3) is 6.07. The van der Waals surface area contributed by atoms with Crippen LogP contribution >= 0.6 is 0 Å². The summed E-state index contributed by atoms with van der Waals surface area (Å²) in [4.78, 5) is 11.8. The van der Waals surface area contributed by atoms with Crippen molar-refractivity contribution in [2.24, 2.45) is 5.92 Å². The predicted molar refractivity (Wildman–Crippen MR) is 101 cm³/mol. The fraction of sp³-hybridized carbons (Fsp3) is 0.842. The van der Waals surface area contributed by atoms with Crippen molar-refractivity contribution in [1.82, 2.24) is 0 Å². The largest absolute Gasteiger partial charge is 0.459 e. The Bertz CT molecular complexity index is 353. The molecule has 2 atom stereocenters. The first kappa shape index (κ1) is 22.4. The van der Waals surface area contributed by atoms with E-state index in [0.29, 0.717) is 29.7 Å². The zero-order chi connectivity index (χ0) is 18.2. The van der Waals surface area contributed by atoms with Gasteiger partial charge in [0.05, 0.1) is 6.61 Å². The van der Waals surface area contributed by atoms with Gasteiger partial charge in [-0.25, -0.2) is 0 Å². The highest BCUT2D eigenvalue weighted by molar-refractivity contribution is 6.77. The maximum atomic E-state index is 11.8. The molecule has 4 heteroatoms. The Morgan fingerprint density at radius 3 is 1.83 bits per heavy atom. The van der Waals surface area contributed by atoms with Crippen LogP contribution in [-0.2, 0) is 14.0 Å². The molecule has 0 amide bonds. The van der Waals surface area contributed by atoms with E-state index in [1.165, 1.54) is 0 Å². The van der Waals surface area contributed by atoms with Crippen molar-refractivity contribution in [2.75, 3.05) is 6.61 Å². The topological polar surface area (TPSA) is 35.5 Å². The molecule has 0 aromatic carbocycles. The van der Waals surface area contributed by atoms with Crippen LogP contribution in [0.15, 0.2) is 12.2 Å². The van der Waals surface area contributed by atoms with Gasteiger partial charge in [0.1, 0.15) is 6.10 Å². The van der Waals surface area contributed by atoms with E-state index >= 15 is 0 Å². The fourth-order valence-electron chi connectivity index (χ4n) is 3.70. The van der Waals surface area contributed by atoms with Crippen molar-refractivity contribution in [2.45, 2.75) is 91.5 Å². The van der Waals surface area contributed by atoms with Crippen LogP contribution in [0.1, 0.15) is 68.7 Å². The Kier molecular flexibility index (Phi) is 10.0. The fourth-order valence-corrected chi connectivity index (χ4v) is 9.15. The maximum Gasteiger partial charge on any atom is 0.305 e. The van der Waals surface area contributed by atoms with Crippen LogP contribution in [-0.4, -0.2) is 27.0 Å². The van der Waals surface area contributed by atoms with Crippen LogP contribution in [0.25, 0.3) is 0 Å². The van der Waals surface area contributed by atoms with E-state index in [2.05, 4.69) is 54.5 Å². The van der Waals surface area contributed by atoms with Gasteiger partial charge in [-0.15, -0.1) is 0 Å². The van der Waals surface area contributed by atoms with E-state index in [4.69, 9.17) is 9.16 Å². The summed E-state index contributed by atoms with van der Waals surface area (Å²) in [6, 6.07) is 0. The Morgan fingerprint density at radius 1 is 1.00 bits per heavy atom. The molecule has 3 nitrogen and oxygen atoms in total. The summed E-state index contributed by atoms with van der Waals surface area (Å²) in [5, 5.41) is 0. The Labute approximate surface area is 145 Å². The molecule has 0 aliphatic rings. The van der Waals surface area contributed by atoms with Gasteiger partial charge >= 0.3 is 5.97 Å². The van der Waals surface area contributed by atoms with Crippen molar-refractivity contribution in [3.8, 4) is 0 Å². The highest BCUT2D eigenvalue weighted by Crippen LogP contribution is 2.42. The molecule has 0 spiro atoms. The lowest BCUT2D eigenvalue weighted by atomic mass is 10.1. The molecule has 0 aromatic heterocycles. The minimum Gasteiger partial charge on any atom is -0.459 e. The summed E-state index contributed by atoms with van der Waals surface area (Å²) in [5.41, 5.74) is 1.59. The van der Waals surface area contributed by atoms with Gasteiger partial charge in [0, 0.05) is 12.3 Å². The Balaban J connectivity index is 5.27. The summed E-state index contributed by atoms with van der Waals surface area (Å²) in [6.07, 6.45) is 4.29. The van der Waals surface area contributed by atoms with Crippen LogP contribution in [0.5, 0.6) is 0 Å². The van der Waals surface area contributed by atoms with Gasteiger partial charge in [0.25, 0.3) is 0 Å². The third-order valence-electron chi connectivity index (χ3n) is 4.86. The number of hydrogen-bond acceptors (Lipinski definition) is 3. The van der Waals surface area contributed by atoms with Gasteiger partial charge in [0.15, 0.2) is 0 Å². The second kappa shape index (κ2) is 10.3. The number of carbonyl (C=O) groups is 1. The van der Waals surface area contributed by atoms with Crippen LogP contribution in [0.4, 0.5) is 0 Å². The van der Waals surface area contributed by atoms with Gasteiger partial charge in [-0.05, 0) is 23.5 Å². The van der Waals surface area contributed by atoms with Gasteiger partial charge in [-0.1, -0.05) is 67.5 Å². The van der Waals surface area contributed by atoms with Crippen molar-refractivity contribution in [1.29, 1.82) is 0 Å². The summed E-state index contributed by atoms with van der Waals surface area (Å²) in [7, 11) is -1.94. The Morgan fingerprint density at radius 2 is 1.48 bits per heavy atom. The molecule has 0 saturated carbocycles. The normalized spacial score (nSPS) is 15.7. The van der Waals surface area contributed by atoms with Gasteiger partial charge in [-0.3, -0.25) is 4.79 Å². The zero-order valence-electron chi connectivity index (χ0n) is 16.7. The van der Waals surface area contributed by atoms with Crippen molar-refractivity contribution in [3.63, 3.8) is 0 Å². The smallest absolute Gasteiger partial charge is 0.305 e. The summed E-state index contributed by atoms with van der Waals surface area (Å²) in [5.74, 6) is 0.00884. The molecule has 0 aromatic rings. The molecule has 0 aliphatic carbocycles. The van der Waals surface area contributed by atoms with E-state index in [-0.39, 0.29) is 18.0 Å². The number of rotatable bonds is 10. The zero-order valence-corrected chi connectivity index (χ0v) is 17.7. The lowest BCUT2D eigenvalue weighted by Crippen LogP contribution is -2.49. The lowest BCUT2D eigenvalue weighted by Gasteiger charge is -2.43. The second-order valence-electron chi connectivity index (χ2n) is 7.40. The molecule has 0 heterocycles. The number of ether oxygens (including phenoxy) is 1. The molecule has 0 fully saturated rings. The second-order valence-corrected chi connectivity index (χ2v) is 12.9. The van der Waals surface area contributed by atoms with Crippen molar-refractivity contribution in [3.05, 3.63) is 12.2 Å². The molecule has 0 aliphatic heterocycles. The van der Waals surface area contributed by atoms with E-state index < -0.39 is 8.32 Å². The highest BCUT2D eigenvalue weighted by Gasteiger charge is 2.45. The first-order valence-electron chi connectivity index (χ1n) is 9.09. The molecule has 0 radical (unpaired) electrons. The van der Waals surface area contributed by atoms with Crippen LogP contribution < -0.4 is 0 Å². The van der Waals surface area contributed by atoms with Crippen LogP contribution in [0, 0.1) is 5.92 Å². The SMILES string of the molecule is C/C=C\[C@H](C)[C@@H](CO[Si](C(C)C)(C(C)C)C(C)C)OC(=O)CC.